The van der Waals surface area contributed by atoms with Gasteiger partial charge in [-0.3, -0.25) is 4.79 Å². The molecule has 6 heteroatoms. The van der Waals surface area contributed by atoms with Crippen molar-refractivity contribution >= 4 is 44.0 Å². The van der Waals surface area contributed by atoms with Crippen LogP contribution in [0.5, 0.6) is 0 Å². The molecule has 5 nitrogen and oxygen atoms in total. The van der Waals surface area contributed by atoms with E-state index in [1.54, 1.807) is 4.68 Å². The number of fused-ring (bicyclic) bond motifs is 2. The zero-order valence-electron chi connectivity index (χ0n) is 19.2. The molecule has 4 aromatic rings. The van der Waals surface area contributed by atoms with Crippen molar-refractivity contribution in [2.75, 3.05) is 0 Å². The van der Waals surface area contributed by atoms with Crippen LogP contribution in [0.2, 0.25) is 0 Å². The molecule has 1 atom stereocenters. The molecule has 2 heterocycles. The third kappa shape index (κ3) is 4.17. The summed E-state index contributed by atoms with van der Waals surface area (Å²) >= 11 is 3.50. The minimum Gasteiger partial charge on any atom is -0.344 e. The molecule has 0 N–H and O–H groups in total. The van der Waals surface area contributed by atoms with Crippen LogP contribution < -0.4 is 5.56 Å². The van der Waals surface area contributed by atoms with E-state index in [-0.39, 0.29) is 11.5 Å². The maximum atomic E-state index is 13.6. The van der Waals surface area contributed by atoms with Gasteiger partial charge in [0.15, 0.2) is 0 Å². The third-order valence-corrected chi connectivity index (χ3v) is 7.45. The average Bonchev–Trinajstić information content (AvgIpc) is 3.22. The summed E-state index contributed by atoms with van der Waals surface area (Å²) < 4.78 is 4.73. The van der Waals surface area contributed by atoms with Gasteiger partial charge in [0.05, 0.1) is 17.1 Å². The van der Waals surface area contributed by atoms with Crippen LogP contribution in [0, 0.1) is 0 Å². The maximum absolute atomic E-state index is 13.6. The van der Waals surface area contributed by atoms with Crippen LogP contribution >= 0.6 is 15.9 Å². The van der Waals surface area contributed by atoms with Crippen molar-refractivity contribution in [1.82, 2.24) is 14.2 Å². The van der Waals surface area contributed by atoms with Crippen LogP contribution in [-0.2, 0) is 0 Å². The molecule has 1 aliphatic carbocycles. The maximum Gasteiger partial charge on any atom is 0.282 e. The standard InChI is InChI=1S/C27H29BrN4O/c1-3-18(2)31-17-20(22-11-7-8-12-25(22)31)16-29-32-26(19-9-5-4-6-10-19)30-24-14-13-21(28)15-23(24)27(32)33/h7-8,11-19H,3-6,9-10H2,1-2H3/t18-/m0/s1. The molecule has 0 unspecified atom stereocenters. The van der Waals surface area contributed by atoms with Gasteiger partial charge in [-0.25, -0.2) is 4.98 Å². The summed E-state index contributed by atoms with van der Waals surface area (Å²) in [5.74, 6) is 1.05. The predicted octanol–water partition coefficient (Wildman–Crippen LogP) is 7.01. The molecule has 170 valence electrons. The van der Waals surface area contributed by atoms with Crippen LogP contribution in [-0.4, -0.2) is 20.4 Å². The molecule has 0 saturated heterocycles. The summed E-state index contributed by atoms with van der Waals surface area (Å²) in [6.45, 7) is 4.42. The van der Waals surface area contributed by atoms with Crippen molar-refractivity contribution in [2.24, 2.45) is 5.10 Å². The summed E-state index contributed by atoms with van der Waals surface area (Å²) in [5.41, 5.74) is 2.84. The minimum absolute atomic E-state index is 0.108. The topological polar surface area (TPSA) is 52.2 Å². The van der Waals surface area contributed by atoms with Crippen LogP contribution in [0.15, 0.2) is 63.0 Å². The van der Waals surface area contributed by atoms with Crippen molar-refractivity contribution in [3.05, 3.63) is 74.9 Å². The molecular weight excluding hydrogens is 476 g/mol. The quantitative estimate of drug-likeness (QED) is 0.274. The number of hydrogen-bond acceptors (Lipinski definition) is 3. The first kappa shape index (κ1) is 22.1. The molecular formula is C27H29BrN4O. The zero-order valence-corrected chi connectivity index (χ0v) is 20.8. The Morgan fingerprint density at radius 2 is 1.94 bits per heavy atom. The number of nitrogens with zero attached hydrogens (tertiary/aromatic N) is 4. The highest BCUT2D eigenvalue weighted by Gasteiger charge is 2.22. The Labute approximate surface area is 202 Å². The van der Waals surface area contributed by atoms with Crippen LogP contribution in [0.3, 0.4) is 0 Å². The summed E-state index contributed by atoms with van der Waals surface area (Å²) in [6.07, 6.45) is 10.7. The average molecular weight is 505 g/mol. The predicted molar refractivity (Wildman–Crippen MR) is 139 cm³/mol. The van der Waals surface area contributed by atoms with E-state index in [0.717, 1.165) is 46.0 Å². The molecule has 0 aliphatic heterocycles. The van der Waals surface area contributed by atoms with E-state index in [4.69, 9.17) is 10.1 Å². The van der Waals surface area contributed by atoms with Gasteiger partial charge in [0.2, 0.25) is 0 Å². The molecule has 1 aliphatic rings. The van der Waals surface area contributed by atoms with E-state index >= 15 is 0 Å². The number of para-hydroxylation sites is 1. The Morgan fingerprint density at radius 1 is 1.15 bits per heavy atom. The fourth-order valence-electron chi connectivity index (χ4n) is 4.92. The largest absolute Gasteiger partial charge is 0.344 e. The second-order valence-corrected chi connectivity index (χ2v) is 10.0. The van der Waals surface area contributed by atoms with Crippen molar-refractivity contribution in [1.29, 1.82) is 0 Å². The van der Waals surface area contributed by atoms with E-state index in [2.05, 4.69) is 64.8 Å². The summed E-state index contributed by atoms with van der Waals surface area (Å²) in [6, 6.07) is 14.5. The van der Waals surface area contributed by atoms with Crippen LogP contribution in [0.4, 0.5) is 0 Å². The van der Waals surface area contributed by atoms with Gasteiger partial charge in [-0.05, 0) is 50.5 Å². The van der Waals surface area contributed by atoms with Gasteiger partial charge in [-0.15, -0.1) is 0 Å². The van der Waals surface area contributed by atoms with Gasteiger partial charge in [0.1, 0.15) is 5.82 Å². The lowest BCUT2D eigenvalue weighted by Gasteiger charge is -2.22. The molecule has 2 aromatic heterocycles. The summed E-state index contributed by atoms with van der Waals surface area (Å²) in [4.78, 5) is 18.5. The smallest absolute Gasteiger partial charge is 0.282 e. The zero-order chi connectivity index (χ0) is 22.9. The molecule has 1 fully saturated rings. The Balaban J connectivity index is 1.67. The lowest BCUT2D eigenvalue weighted by molar-refractivity contribution is 0.416. The second-order valence-electron chi connectivity index (χ2n) is 9.09. The third-order valence-electron chi connectivity index (χ3n) is 6.95. The minimum atomic E-state index is -0.108. The van der Waals surface area contributed by atoms with Crippen LogP contribution in [0.1, 0.15) is 75.7 Å². The van der Waals surface area contributed by atoms with Gasteiger partial charge >= 0.3 is 0 Å². The first-order chi connectivity index (χ1) is 16.1. The Bertz CT molecular complexity index is 1390. The summed E-state index contributed by atoms with van der Waals surface area (Å²) in [5, 5.41) is 6.50. The summed E-state index contributed by atoms with van der Waals surface area (Å²) in [7, 11) is 0. The molecule has 5 rings (SSSR count). The van der Waals surface area contributed by atoms with Gasteiger partial charge in [0.25, 0.3) is 5.56 Å². The Hall–Kier alpha value is -2.73. The first-order valence-corrected chi connectivity index (χ1v) is 12.7. The number of aromatic nitrogens is 3. The van der Waals surface area contributed by atoms with Crippen LogP contribution in [0.25, 0.3) is 21.8 Å². The SMILES string of the molecule is CC[C@H](C)n1cc(C=Nn2c(C3CCCCC3)nc3ccc(Br)cc3c2=O)c2ccccc21. The number of benzene rings is 2. The van der Waals surface area contributed by atoms with E-state index in [9.17, 15) is 4.79 Å². The molecule has 0 radical (unpaired) electrons. The number of hydrogen-bond donors (Lipinski definition) is 0. The highest BCUT2D eigenvalue weighted by Crippen LogP contribution is 2.32. The molecule has 2 aromatic carbocycles. The normalized spacial score (nSPS) is 16.2. The monoisotopic (exact) mass is 504 g/mol. The molecule has 0 bridgehead atoms. The van der Waals surface area contributed by atoms with Gasteiger partial charge in [-0.1, -0.05) is 60.3 Å². The molecule has 33 heavy (non-hydrogen) atoms. The lowest BCUT2D eigenvalue weighted by atomic mass is 9.88. The van der Waals surface area contributed by atoms with Gasteiger partial charge < -0.3 is 4.57 Å². The van der Waals surface area contributed by atoms with Gasteiger partial charge in [-0.2, -0.15) is 9.78 Å². The van der Waals surface area contributed by atoms with Crippen molar-refractivity contribution in [3.8, 4) is 0 Å². The fourth-order valence-corrected chi connectivity index (χ4v) is 5.28. The van der Waals surface area contributed by atoms with Gasteiger partial charge in [0, 0.05) is 39.1 Å². The molecule has 0 amide bonds. The number of rotatable bonds is 5. The molecule has 0 spiro atoms. The second kappa shape index (κ2) is 9.26. The van der Waals surface area contributed by atoms with E-state index in [1.165, 1.54) is 24.8 Å². The van der Waals surface area contributed by atoms with E-state index in [1.807, 2.05) is 24.4 Å². The molecule has 1 saturated carbocycles. The highest BCUT2D eigenvalue weighted by atomic mass is 79.9. The lowest BCUT2D eigenvalue weighted by Crippen LogP contribution is -2.25. The Kier molecular flexibility index (Phi) is 6.19. The van der Waals surface area contributed by atoms with E-state index in [0.29, 0.717) is 11.4 Å². The van der Waals surface area contributed by atoms with Crippen molar-refractivity contribution in [2.45, 2.75) is 64.3 Å². The number of halogens is 1. The first-order valence-electron chi connectivity index (χ1n) is 11.9. The van der Waals surface area contributed by atoms with Crippen molar-refractivity contribution in [3.63, 3.8) is 0 Å². The highest BCUT2D eigenvalue weighted by molar-refractivity contribution is 9.10. The van der Waals surface area contributed by atoms with Crippen molar-refractivity contribution < 1.29 is 0 Å². The fraction of sp³-hybridized carbons (Fsp3) is 0.370. The van der Waals surface area contributed by atoms with E-state index < -0.39 is 0 Å². The Morgan fingerprint density at radius 3 is 2.73 bits per heavy atom.